The summed E-state index contributed by atoms with van der Waals surface area (Å²) in [6.45, 7) is 5.05. The number of H-pyrrole nitrogens is 1. The van der Waals surface area contributed by atoms with Gasteiger partial charge >= 0.3 is 0 Å². The van der Waals surface area contributed by atoms with Crippen LogP contribution in [-0.2, 0) is 11.3 Å². The molecule has 1 aliphatic heterocycles. The number of benzene rings is 1. The van der Waals surface area contributed by atoms with Gasteiger partial charge in [0.05, 0.1) is 6.10 Å². The van der Waals surface area contributed by atoms with Crippen molar-refractivity contribution in [1.82, 2.24) is 10.3 Å². The number of hydrogen-bond donors (Lipinski definition) is 2. The average molecular weight is 244 g/mol. The topological polar surface area (TPSA) is 37.0 Å². The lowest BCUT2D eigenvalue weighted by molar-refractivity contribution is 0.105. The molecule has 2 atom stereocenters. The molecule has 3 heteroatoms. The van der Waals surface area contributed by atoms with Gasteiger partial charge in [0, 0.05) is 31.4 Å². The maximum Gasteiger partial charge on any atom is 0.0588 e. The van der Waals surface area contributed by atoms with Crippen LogP contribution in [0.2, 0.25) is 0 Å². The molecule has 2 N–H and O–H groups in total. The number of fused-ring (bicyclic) bond motifs is 1. The quantitative estimate of drug-likeness (QED) is 0.867. The summed E-state index contributed by atoms with van der Waals surface area (Å²) in [5.74, 6) is 0.660. The van der Waals surface area contributed by atoms with Gasteiger partial charge in [-0.25, -0.2) is 0 Å². The van der Waals surface area contributed by atoms with Crippen molar-refractivity contribution in [3.63, 3.8) is 0 Å². The Labute approximate surface area is 108 Å². The Morgan fingerprint density at radius 1 is 1.39 bits per heavy atom. The van der Waals surface area contributed by atoms with Crippen molar-refractivity contribution in [3.05, 3.63) is 36.0 Å². The fraction of sp³-hybridized carbons (Fsp3) is 0.467. The monoisotopic (exact) mass is 244 g/mol. The van der Waals surface area contributed by atoms with E-state index in [9.17, 15) is 0 Å². The minimum Gasteiger partial charge on any atom is -0.378 e. The fourth-order valence-electron chi connectivity index (χ4n) is 2.73. The van der Waals surface area contributed by atoms with E-state index in [2.05, 4.69) is 41.5 Å². The van der Waals surface area contributed by atoms with Gasteiger partial charge in [-0.3, -0.25) is 0 Å². The van der Waals surface area contributed by atoms with Crippen molar-refractivity contribution >= 4 is 10.9 Å². The van der Waals surface area contributed by atoms with Crippen molar-refractivity contribution in [3.8, 4) is 0 Å². The van der Waals surface area contributed by atoms with Crippen LogP contribution in [0.15, 0.2) is 30.5 Å². The lowest BCUT2D eigenvalue weighted by atomic mass is 10.0. The van der Waals surface area contributed by atoms with Gasteiger partial charge in [0.1, 0.15) is 0 Å². The minimum atomic E-state index is 0.402. The summed E-state index contributed by atoms with van der Waals surface area (Å²) in [7, 11) is 0. The lowest BCUT2D eigenvalue weighted by Crippen LogP contribution is -2.26. The Balaban J connectivity index is 1.61. The predicted octanol–water partition coefficient (Wildman–Crippen LogP) is 2.68. The summed E-state index contributed by atoms with van der Waals surface area (Å²) >= 11 is 0. The fourth-order valence-corrected chi connectivity index (χ4v) is 2.73. The molecule has 3 rings (SSSR count). The number of aromatic nitrogens is 1. The van der Waals surface area contributed by atoms with Gasteiger partial charge in [-0.15, -0.1) is 0 Å². The van der Waals surface area contributed by atoms with Crippen LogP contribution in [0.1, 0.15) is 18.9 Å². The molecule has 0 aliphatic carbocycles. The van der Waals surface area contributed by atoms with E-state index in [-0.39, 0.29) is 0 Å². The first-order chi connectivity index (χ1) is 8.84. The second-order valence-electron chi connectivity index (χ2n) is 5.11. The van der Waals surface area contributed by atoms with E-state index in [0.29, 0.717) is 12.0 Å². The number of aromatic amines is 1. The second-order valence-corrected chi connectivity index (χ2v) is 5.11. The van der Waals surface area contributed by atoms with E-state index in [0.717, 1.165) is 19.7 Å². The Hall–Kier alpha value is -1.32. The third kappa shape index (κ3) is 2.28. The van der Waals surface area contributed by atoms with Gasteiger partial charge < -0.3 is 15.0 Å². The van der Waals surface area contributed by atoms with Crippen molar-refractivity contribution in [1.29, 1.82) is 0 Å². The Kier molecular flexibility index (Phi) is 3.35. The summed E-state index contributed by atoms with van der Waals surface area (Å²) in [5.41, 5.74) is 2.59. The molecular formula is C15H20N2O. The molecule has 0 bridgehead atoms. The van der Waals surface area contributed by atoms with Gasteiger partial charge in [-0.1, -0.05) is 18.2 Å². The highest BCUT2D eigenvalue weighted by Crippen LogP contribution is 2.20. The van der Waals surface area contributed by atoms with E-state index in [1.54, 1.807) is 0 Å². The summed E-state index contributed by atoms with van der Waals surface area (Å²) in [4.78, 5) is 3.31. The van der Waals surface area contributed by atoms with Crippen LogP contribution in [0, 0.1) is 5.92 Å². The first-order valence-corrected chi connectivity index (χ1v) is 6.72. The van der Waals surface area contributed by atoms with Crippen LogP contribution in [-0.4, -0.2) is 24.2 Å². The molecule has 18 heavy (non-hydrogen) atoms. The van der Waals surface area contributed by atoms with Gasteiger partial charge in [0.25, 0.3) is 0 Å². The third-order valence-corrected chi connectivity index (χ3v) is 3.93. The van der Waals surface area contributed by atoms with E-state index < -0.39 is 0 Å². The lowest BCUT2D eigenvalue weighted by Gasteiger charge is -2.15. The summed E-state index contributed by atoms with van der Waals surface area (Å²) < 4.78 is 5.58. The first kappa shape index (κ1) is 11.8. The van der Waals surface area contributed by atoms with E-state index in [1.807, 2.05) is 6.20 Å². The van der Waals surface area contributed by atoms with Gasteiger partial charge in [-0.2, -0.15) is 0 Å². The summed E-state index contributed by atoms with van der Waals surface area (Å²) in [6, 6.07) is 8.56. The van der Waals surface area contributed by atoms with Crippen molar-refractivity contribution in [2.45, 2.75) is 26.0 Å². The maximum absolute atomic E-state index is 5.58. The largest absolute Gasteiger partial charge is 0.378 e. The summed E-state index contributed by atoms with van der Waals surface area (Å²) in [5, 5.41) is 4.84. The number of ether oxygens (including phenoxy) is 1. The summed E-state index contributed by atoms with van der Waals surface area (Å²) in [6.07, 6.45) is 3.58. The highest BCUT2D eigenvalue weighted by molar-refractivity contribution is 5.82. The standard InChI is InChI=1S/C15H20N2O/c1-11-13(6-8-18-11)9-16-10-14-4-2-3-12-5-7-17-15(12)14/h2-5,7,11,13,16-17H,6,8-10H2,1H3. The van der Waals surface area contributed by atoms with Crippen LogP contribution in [0.4, 0.5) is 0 Å². The normalized spacial score (nSPS) is 23.8. The molecule has 2 heterocycles. The SMILES string of the molecule is CC1OCCC1CNCc1cccc2cc[nH]c12. The molecule has 96 valence electrons. The van der Waals surface area contributed by atoms with Gasteiger partial charge in [0.15, 0.2) is 0 Å². The second kappa shape index (κ2) is 5.12. The maximum atomic E-state index is 5.58. The zero-order valence-corrected chi connectivity index (χ0v) is 10.8. The van der Waals surface area contributed by atoms with Crippen molar-refractivity contribution < 1.29 is 4.74 Å². The molecular weight excluding hydrogens is 224 g/mol. The van der Waals surface area contributed by atoms with E-state index in [4.69, 9.17) is 4.74 Å². The molecule has 2 unspecified atom stereocenters. The van der Waals surface area contributed by atoms with Crippen LogP contribution < -0.4 is 5.32 Å². The van der Waals surface area contributed by atoms with E-state index in [1.165, 1.54) is 22.9 Å². The molecule has 3 nitrogen and oxygen atoms in total. The minimum absolute atomic E-state index is 0.402. The number of rotatable bonds is 4. The molecule has 1 fully saturated rings. The number of hydrogen-bond acceptors (Lipinski definition) is 2. The highest BCUT2D eigenvalue weighted by Gasteiger charge is 2.23. The average Bonchev–Trinajstić information content (AvgIpc) is 2.99. The number of nitrogens with one attached hydrogen (secondary N) is 2. The van der Waals surface area contributed by atoms with Crippen LogP contribution in [0.5, 0.6) is 0 Å². The van der Waals surface area contributed by atoms with Crippen molar-refractivity contribution in [2.24, 2.45) is 5.92 Å². The van der Waals surface area contributed by atoms with E-state index >= 15 is 0 Å². The Morgan fingerprint density at radius 2 is 2.33 bits per heavy atom. The Morgan fingerprint density at radius 3 is 3.17 bits per heavy atom. The van der Waals surface area contributed by atoms with Gasteiger partial charge in [0.2, 0.25) is 0 Å². The van der Waals surface area contributed by atoms with Crippen LogP contribution in [0.3, 0.4) is 0 Å². The zero-order valence-electron chi connectivity index (χ0n) is 10.8. The molecule has 0 spiro atoms. The molecule has 1 saturated heterocycles. The molecule has 0 radical (unpaired) electrons. The van der Waals surface area contributed by atoms with Crippen LogP contribution >= 0.6 is 0 Å². The van der Waals surface area contributed by atoms with Crippen LogP contribution in [0.25, 0.3) is 10.9 Å². The molecule has 2 aromatic rings. The molecule has 0 amide bonds. The van der Waals surface area contributed by atoms with Gasteiger partial charge in [-0.05, 0) is 36.3 Å². The predicted molar refractivity (Wildman–Crippen MR) is 73.5 cm³/mol. The highest BCUT2D eigenvalue weighted by atomic mass is 16.5. The molecule has 1 aromatic heterocycles. The smallest absolute Gasteiger partial charge is 0.0588 e. The zero-order chi connectivity index (χ0) is 12.4. The third-order valence-electron chi connectivity index (χ3n) is 3.93. The molecule has 0 saturated carbocycles. The molecule has 1 aromatic carbocycles. The first-order valence-electron chi connectivity index (χ1n) is 6.72. The Bertz CT molecular complexity index is 520. The number of para-hydroxylation sites is 1. The molecule has 1 aliphatic rings. The van der Waals surface area contributed by atoms with Crippen molar-refractivity contribution in [2.75, 3.05) is 13.2 Å².